The van der Waals surface area contributed by atoms with E-state index in [0.717, 1.165) is 24.3 Å². The summed E-state index contributed by atoms with van der Waals surface area (Å²) in [5.41, 5.74) is 7.51. The molecule has 3 aromatic rings. The van der Waals surface area contributed by atoms with Crippen molar-refractivity contribution in [3.8, 4) is 5.75 Å². The molecule has 0 spiro atoms. The average molecular weight is 391 g/mol. The lowest BCUT2D eigenvalue weighted by Crippen LogP contribution is -2.12. The van der Waals surface area contributed by atoms with Gasteiger partial charge in [0.05, 0.1) is 0 Å². The highest BCUT2D eigenvalue weighted by Crippen LogP contribution is 2.26. The summed E-state index contributed by atoms with van der Waals surface area (Å²) in [6.45, 7) is 0.973. The van der Waals surface area contributed by atoms with E-state index in [0.29, 0.717) is 19.6 Å². The first kappa shape index (κ1) is 20.2. The van der Waals surface area contributed by atoms with Gasteiger partial charge in [0.1, 0.15) is 12.4 Å². The van der Waals surface area contributed by atoms with Crippen LogP contribution in [0.4, 0.5) is 5.69 Å². The summed E-state index contributed by atoms with van der Waals surface area (Å²) in [6.07, 6.45) is 2.27. The van der Waals surface area contributed by atoms with Crippen molar-refractivity contribution in [1.82, 2.24) is 0 Å². The number of hydrogen-bond donors (Lipinski definition) is 2. The Kier molecular flexibility index (Phi) is 7.91. The molecule has 0 aliphatic carbocycles. The molecule has 3 rings (SSSR count). The Morgan fingerprint density at radius 2 is 1.88 bits per heavy atom. The van der Waals surface area contributed by atoms with Gasteiger partial charge in [0, 0.05) is 23.4 Å². The van der Waals surface area contributed by atoms with E-state index in [-0.39, 0.29) is 18.3 Å². The van der Waals surface area contributed by atoms with E-state index in [9.17, 15) is 4.79 Å². The Morgan fingerprint density at radius 3 is 2.65 bits per heavy atom. The number of hydrogen-bond acceptors (Lipinski definition) is 4. The number of carbonyl (C=O) groups excluding carboxylic acids is 1. The second-order valence-corrected chi connectivity index (χ2v) is 6.73. The molecule has 2 aromatic carbocycles. The van der Waals surface area contributed by atoms with Gasteiger partial charge in [0.25, 0.3) is 0 Å². The number of fused-ring (bicyclic) bond motifs is 1. The van der Waals surface area contributed by atoms with Crippen LogP contribution in [0.1, 0.15) is 18.4 Å². The molecule has 0 saturated carbocycles. The Balaban J connectivity index is 0.00000243. The number of thiophene rings is 1. The molecule has 0 bridgehead atoms. The molecular formula is C20H23ClN2O2S. The van der Waals surface area contributed by atoms with Gasteiger partial charge < -0.3 is 15.8 Å². The highest BCUT2D eigenvalue weighted by Gasteiger charge is 2.06. The molecule has 6 heteroatoms. The highest BCUT2D eigenvalue weighted by atomic mass is 35.5. The number of nitrogens with two attached hydrogens (primary N) is 1. The fourth-order valence-corrected chi connectivity index (χ4v) is 3.70. The number of ether oxygens (including phenoxy) is 1. The molecule has 0 unspecified atom stereocenters. The highest BCUT2D eigenvalue weighted by molar-refractivity contribution is 7.17. The Bertz CT molecular complexity index is 833. The minimum Gasteiger partial charge on any atom is -0.492 e. The maximum atomic E-state index is 12.1. The standard InChI is InChI=1S/C20H22N2O2S.ClH/c21-12-13-24-17-10-8-16(9-11-17)22-20(23)7-3-4-15-14-25-19-6-2-1-5-18(15)19;/h1-2,5-6,8-11,14H,3-4,7,12-13,21H2,(H,22,23);1H. The summed E-state index contributed by atoms with van der Waals surface area (Å²) in [5.74, 6) is 0.794. The van der Waals surface area contributed by atoms with Crippen LogP contribution < -0.4 is 15.8 Å². The Labute approximate surface area is 163 Å². The van der Waals surface area contributed by atoms with Crippen LogP contribution in [-0.2, 0) is 11.2 Å². The lowest BCUT2D eigenvalue weighted by molar-refractivity contribution is -0.116. The molecule has 0 aliphatic heterocycles. The number of aryl methyl sites for hydroxylation is 1. The van der Waals surface area contributed by atoms with E-state index < -0.39 is 0 Å². The fraction of sp³-hybridized carbons (Fsp3) is 0.250. The van der Waals surface area contributed by atoms with Gasteiger partial charge in [-0.2, -0.15) is 0 Å². The zero-order valence-electron chi connectivity index (χ0n) is 14.4. The molecular weight excluding hydrogens is 368 g/mol. The monoisotopic (exact) mass is 390 g/mol. The Hall–Kier alpha value is -2.08. The molecule has 1 amide bonds. The molecule has 138 valence electrons. The van der Waals surface area contributed by atoms with Gasteiger partial charge in [-0.15, -0.1) is 23.7 Å². The molecule has 4 nitrogen and oxygen atoms in total. The van der Waals surface area contributed by atoms with E-state index in [1.807, 2.05) is 24.3 Å². The first-order valence-corrected chi connectivity index (χ1v) is 9.32. The maximum absolute atomic E-state index is 12.1. The minimum absolute atomic E-state index is 0. The van der Waals surface area contributed by atoms with E-state index in [4.69, 9.17) is 10.5 Å². The lowest BCUT2D eigenvalue weighted by Gasteiger charge is -2.07. The number of amides is 1. The Morgan fingerprint density at radius 1 is 1.12 bits per heavy atom. The smallest absolute Gasteiger partial charge is 0.224 e. The SMILES string of the molecule is Cl.NCCOc1ccc(NC(=O)CCCc2csc3ccccc23)cc1. The molecule has 0 saturated heterocycles. The van der Waals surface area contributed by atoms with Crippen molar-refractivity contribution in [2.45, 2.75) is 19.3 Å². The van der Waals surface area contributed by atoms with Crippen LogP contribution in [0.25, 0.3) is 10.1 Å². The molecule has 0 aliphatic rings. The summed E-state index contributed by atoms with van der Waals surface area (Å²) in [7, 11) is 0. The predicted molar refractivity (Wildman–Crippen MR) is 112 cm³/mol. The van der Waals surface area contributed by atoms with Crippen LogP contribution in [0.5, 0.6) is 5.75 Å². The molecule has 1 heterocycles. The second kappa shape index (κ2) is 10.2. The van der Waals surface area contributed by atoms with Gasteiger partial charge in [-0.3, -0.25) is 4.79 Å². The van der Waals surface area contributed by atoms with Gasteiger partial charge in [-0.05, 0) is 59.5 Å². The number of rotatable bonds is 8. The van der Waals surface area contributed by atoms with Gasteiger partial charge in [0.15, 0.2) is 0 Å². The molecule has 0 radical (unpaired) electrons. The van der Waals surface area contributed by atoms with Crippen molar-refractivity contribution in [3.63, 3.8) is 0 Å². The fourth-order valence-electron chi connectivity index (χ4n) is 2.70. The van der Waals surface area contributed by atoms with E-state index in [1.165, 1.54) is 15.6 Å². The topological polar surface area (TPSA) is 64.3 Å². The molecule has 1 aromatic heterocycles. The summed E-state index contributed by atoms with van der Waals surface area (Å²) in [4.78, 5) is 12.1. The third kappa shape index (κ3) is 5.46. The van der Waals surface area contributed by atoms with Gasteiger partial charge in [-0.25, -0.2) is 0 Å². The van der Waals surface area contributed by atoms with Crippen molar-refractivity contribution in [1.29, 1.82) is 0 Å². The summed E-state index contributed by atoms with van der Waals surface area (Å²) in [6, 6.07) is 15.8. The van der Waals surface area contributed by atoms with Crippen molar-refractivity contribution in [2.24, 2.45) is 5.73 Å². The third-order valence-electron chi connectivity index (χ3n) is 3.94. The number of benzene rings is 2. The van der Waals surface area contributed by atoms with Crippen LogP contribution in [0.3, 0.4) is 0 Å². The van der Waals surface area contributed by atoms with Crippen molar-refractivity contribution in [3.05, 3.63) is 59.5 Å². The minimum atomic E-state index is 0. The number of carbonyl (C=O) groups is 1. The van der Waals surface area contributed by atoms with Crippen LogP contribution in [0, 0.1) is 0 Å². The first-order chi connectivity index (χ1) is 12.3. The normalized spacial score (nSPS) is 10.3. The molecule has 26 heavy (non-hydrogen) atoms. The molecule has 0 atom stereocenters. The quantitative estimate of drug-likeness (QED) is 0.589. The summed E-state index contributed by atoms with van der Waals surface area (Å²) >= 11 is 1.76. The average Bonchev–Trinajstić information content (AvgIpc) is 3.04. The number of halogens is 1. The van der Waals surface area contributed by atoms with Gasteiger partial charge in [-0.1, -0.05) is 18.2 Å². The zero-order chi connectivity index (χ0) is 17.5. The third-order valence-corrected chi connectivity index (χ3v) is 4.95. The predicted octanol–water partition coefficient (Wildman–Crippen LogP) is 4.62. The number of anilines is 1. The number of nitrogens with one attached hydrogen (secondary N) is 1. The van der Waals surface area contributed by atoms with Crippen LogP contribution in [0.2, 0.25) is 0 Å². The summed E-state index contributed by atoms with van der Waals surface area (Å²) in [5, 5.41) is 6.43. The lowest BCUT2D eigenvalue weighted by atomic mass is 10.1. The van der Waals surface area contributed by atoms with Crippen LogP contribution >= 0.6 is 23.7 Å². The van der Waals surface area contributed by atoms with Crippen LogP contribution in [-0.4, -0.2) is 19.1 Å². The van der Waals surface area contributed by atoms with Crippen molar-refractivity contribution in [2.75, 3.05) is 18.5 Å². The first-order valence-electron chi connectivity index (χ1n) is 8.44. The summed E-state index contributed by atoms with van der Waals surface area (Å²) < 4.78 is 6.72. The molecule has 3 N–H and O–H groups in total. The zero-order valence-corrected chi connectivity index (χ0v) is 16.1. The van der Waals surface area contributed by atoms with E-state index in [2.05, 4.69) is 35.0 Å². The van der Waals surface area contributed by atoms with Crippen molar-refractivity contribution < 1.29 is 9.53 Å². The maximum Gasteiger partial charge on any atom is 0.224 e. The van der Waals surface area contributed by atoms with Gasteiger partial charge >= 0.3 is 0 Å². The van der Waals surface area contributed by atoms with Gasteiger partial charge in [0.2, 0.25) is 5.91 Å². The molecule has 0 fully saturated rings. The van der Waals surface area contributed by atoms with E-state index >= 15 is 0 Å². The second-order valence-electron chi connectivity index (χ2n) is 5.82. The largest absolute Gasteiger partial charge is 0.492 e. The van der Waals surface area contributed by atoms with Crippen molar-refractivity contribution >= 4 is 45.4 Å². The van der Waals surface area contributed by atoms with Crippen LogP contribution in [0.15, 0.2) is 53.9 Å². The van der Waals surface area contributed by atoms with E-state index in [1.54, 1.807) is 11.3 Å².